The fourth-order valence-electron chi connectivity index (χ4n) is 2.51. The molecular formula is C17H16N4. The zero-order chi connectivity index (χ0) is 14.8. The van der Waals surface area contributed by atoms with E-state index in [0.29, 0.717) is 5.56 Å². The maximum atomic E-state index is 9.03. The average Bonchev–Trinajstić information content (AvgIpc) is 2.85. The van der Waals surface area contributed by atoms with Crippen molar-refractivity contribution in [2.75, 3.05) is 0 Å². The third-order valence-corrected chi connectivity index (χ3v) is 3.44. The second kappa shape index (κ2) is 5.37. The molecule has 0 unspecified atom stereocenters. The molecule has 21 heavy (non-hydrogen) atoms. The van der Waals surface area contributed by atoms with Crippen LogP contribution in [0.2, 0.25) is 0 Å². The van der Waals surface area contributed by atoms with Crippen LogP contribution in [0.4, 0.5) is 0 Å². The van der Waals surface area contributed by atoms with Crippen molar-refractivity contribution in [2.24, 2.45) is 0 Å². The van der Waals surface area contributed by atoms with Crippen molar-refractivity contribution in [3.63, 3.8) is 0 Å². The SMILES string of the molecule is CCCn1c(-c2cccc(C)n2)nc2cc(C#N)ccc21. The van der Waals surface area contributed by atoms with Crippen molar-refractivity contribution >= 4 is 11.0 Å². The molecule has 3 rings (SSSR count). The second-order valence-corrected chi connectivity index (χ2v) is 5.07. The molecule has 0 fully saturated rings. The summed E-state index contributed by atoms with van der Waals surface area (Å²) in [5.41, 5.74) is 4.38. The van der Waals surface area contributed by atoms with E-state index in [1.54, 1.807) is 0 Å². The van der Waals surface area contributed by atoms with E-state index in [1.165, 1.54) is 0 Å². The van der Waals surface area contributed by atoms with Gasteiger partial charge in [0, 0.05) is 12.2 Å². The van der Waals surface area contributed by atoms with Crippen molar-refractivity contribution in [3.05, 3.63) is 47.7 Å². The first-order chi connectivity index (χ1) is 10.2. The Morgan fingerprint density at radius 3 is 2.76 bits per heavy atom. The van der Waals surface area contributed by atoms with E-state index in [0.717, 1.165) is 41.2 Å². The molecule has 0 amide bonds. The molecule has 0 aliphatic heterocycles. The van der Waals surface area contributed by atoms with E-state index in [1.807, 2.05) is 43.3 Å². The number of aryl methyl sites for hydroxylation is 2. The molecule has 0 aliphatic carbocycles. The summed E-state index contributed by atoms with van der Waals surface area (Å²) in [5.74, 6) is 0.866. The summed E-state index contributed by atoms with van der Waals surface area (Å²) >= 11 is 0. The van der Waals surface area contributed by atoms with Crippen LogP contribution in [-0.2, 0) is 6.54 Å². The van der Waals surface area contributed by atoms with Crippen LogP contribution in [0.1, 0.15) is 24.6 Å². The lowest BCUT2D eigenvalue weighted by molar-refractivity contribution is 0.702. The summed E-state index contributed by atoms with van der Waals surface area (Å²) in [5, 5.41) is 9.03. The van der Waals surface area contributed by atoms with Crippen LogP contribution in [0.15, 0.2) is 36.4 Å². The molecule has 0 aliphatic rings. The van der Waals surface area contributed by atoms with Crippen LogP contribution in [0.5, 0.6) is 0 Å². The molecule has 0 saturated carbocycles. The Balaban J connectivity index is 2.26. The van der Waals surface area contributed by atoms with Crippen molar-refractivity contribution < 1.29 is 0 Å². The third kappa shape index (κ3) is 2.38. The molecule has 0 bridgehead atoms. The zero-order valence-electron chi connectivity index (χ0n) is 12.2. The Morgan fingerprint density at radius 1 is 1.19 bits per heavy atom. The first kappa shape index (κ1) is 13.3. The van der Waals surface area contributed by atoms with Gasteiger partial charge >= 0.3 is 0 Å². The molecule has 1 aromatic carbocycles. The summed E-state index contributed by atoms with van der Waals surface area (Å²) in [6.45, 7) is 5.00. The van der Waals surface area contributed by atoms with Crippen LogP contribution in [0.3, 0.4) is 0 Å². The monoisotopic (exact) mass is 276 g/mol. The smallest absolute Gasteiger partial charge is 0.159 e. The number of nitriles is 1. The number of pyridine rings is 1. The van der Waals surface area contributed by atoms with Gasteiger partial charge in [-0.1, -0.05) is 13.0 Å². The molecule has 4 nitrogen and oxygen atoms in total. The maximum absolute atomic E-state index is 9.03. The van der Waals surface area contributed by atoms with Crippen LogP contribution >= 0.6 is 0 Å². The van der Waals surface area contributed by atoms with Crippen LogP contribution in [0, 0.1) is 18.3 Å². The van der Waals surface area contributed by atoms with Gasteiger partial charge in [-0.15, -0.1) is 0 Å². The van der Waals surface area contributed by atoms with E-state index in [2.05, 4.69) is 22.5 Å². The maximum Gasteiger partial charge on any atom is 0.159 e. The molecule has 0 spiro atoms. The molecule has 0 saturated heterocycles. The fourth-order valence-corrected chi connectivity index (χ4v) is 2.51. The number of rotatable bonds is 3. The van der Waals surface area contributed by atoms with E-state index in [4.69, 9.17) is 10.2 Å². The molecule has 4 heteroatoms. The molecule has 3 aromatic rings. The average molecular weight is 276 g/mol. The number of hydrogen-bond donors (Lipinski definition) is 0. The number of aromatic nitrogens is 3. The van der Waals surface area contributed by atoms with Gasteiger partial charge in [-0.3, -0.25) is 0 Å². The molecule has 2 aromatic heterocycles. The van der Waals surface area contributed by atoms with Gasteiger partial charge in [-0.25, -0.2) is 9.97 Å². The van der Waals surface area contributed by atoms with Crippen LogP contribution in [0.25, 0.3) is 22.6 Å². The Hall–Kier alpha value is -2.67. The lowest BCUT2D eigenvalue weighted by atomic mass is 10.2. The van der Waals surface area contributed by atoms with Gasteiger partial charge in [-0.05, 0) is 43.7 Å². The summed E-state index contributed by atoms with van der Waals surface area (Å²) in [6.07, 6.45) is 1.02. The first-order valence-corrected chi connectivity index (χ1v) is 7.07. The predicted molar refractivity (Wildman–Crippen MR) is 82.7 cm³/mol. The Bertz CT molecular complexity index is 840. The van der Waals surface area contributed by atoms with E-state index < -0.39 is 0 Å². The minimum absolute atomic E-state index is 0.632. The number of imidazole rings is 1. The van der Waals surface area contributed by atoms with Gasteiger partial charge in [0.2, 0.25) is 0 Å². The third-order valence-electron chi connectivity index (χ3n) is 3.44. The minimum atomic E-state index is 0.632. The highest BCUT2D eigenvalue weighted by molar-refractivity contribution is 5.81. The Kier molecular flexibility index (Phi) is 3.41. The highest BCUT2D eigenvalue weighted by Crippen LogP contribution is 2.25. The van der Waals surface area contributed by atoms with Gasteiger partial charge in [0.25, 0.3) is 0 Å². The van der Waals surface area contributed by atoms with Gasteiger partial charge in [0.1, 0.15) is 5.69 Å². The second-order valence-electron chi connectivity index (χ2n) is 5.07. The van der Waals surface area contributed by atoms with Crippen molar-refractivity contribution in [2.45, 2.75) is 26.8 Å². The normalized spacial score (nSPS) is 10.7. The summed E-state index contributed by atoms with van der Waals surface area (Å²) in [6, 6.07) is 13.8. The molecule has 104 valence electrons. The zero-order valence-corrected chi connectivity index (χ0v) is 12.2. The minimum Gasteiger partial charge on any atom is -0.323 e. The Labute approximate surface area is 123 Å². The molecule has 2 heterocycles. The Morgan fingerprint density at radius 2 is 2.05 bits per heavy atom. The van der Waals surface area contributed by atoms with E-state index >= 15 is 0 Å². The predicted octanol–water partition coefficient (Wildman–Crippen LogP) is 3.69. The van der Waals surface area contributed by atoms with Crippen LogP contribution in [-0.4, -0.2) is 14.5 Å². The lowest BCUT2D eigenvalue weighted by Crippen LogP contribution is -2.01. The van der Waals surface area contributed by atoms with E-state index in [9.17, 15) is 0 Å². The quantitative estimate of drug-likeness (QED) is 0.733. The molecule has 0 N–H and O–H groups in total. The molecule has 0 atom stereocenters. The standard InChI is InChI=1S/C17H16N4/c1-3-9-21-16-8-7-13(11-18)10-15(16)20-17(21)14-6-4-5-12(2)19-14/h4-8,10H,3,9H2,1-2H3. The van der Waals surface area contributed by atoms with Crippen molar-refractivity contribution in [1.82, 2.24) is 14.5 Å². The molecule has 0 radical (unpaired) electrons. The van der Waals surface area contributed by atoms with E-state index in [-0.39, 0.29) is 0 Å². The largest absolute Gasteiger partial charge is 0.323 e. The number of nitrogens with zero attached hydrogens (tertiary/aromatic N) is 4. The van der Waals surface area contributed by atoms with Crippen molar-refractivity contribution in [1.29, 1.82) is 5.26 Å². The van der Waals surface area contributed by atoms with Crippen molar-refractivity contribution in [3.8, 4) is 17.6 Å². The summed E-state index contributed by atoms with van der Waals surface area (Å²) in [7, 11) is 0. The summed E-state index contributed by atoms with van der Waals surface area (Å²) < 4.78 is 2.18. The number of fused-ring (bicyclic) bond motifs is 1. The lowest BCUT2D eigenvalue weighted by Gasteiger charge is -2.07. The first-order valence-electron chi connectivity index (χ1n) is 7.07. The number of benzene rings is 1. The van der Waals surface area contributed by atoms with Gasteiger partial charge in [0.05, 0.1) is 22.7 Å². The van der Waals surface area contributed by atoms with Crippen LogP contribution < -0.4 is 0 Å². The highest BCUT2D eigenvalue weighted by Gasteiger charge is 2.13. The summed E-state index contributed by atoms with van der Waals surface area (Å²) in [4.78, 5) is 9.28. The molecular weight excluding hydrogens is 260 g/mol. The van der Waals surface area contributed by atoms with Gasteiger partial charge in [-0.2, -0.15) is 5.26 Å². The fraction of sp³-hybridized carbons (Fsp3) is 0.235. The van der Waals surface area contributed by atoms with Gasteiger partial charge in [0.15, 0.2) is 5.82 Å². The topological polar surface area (TPSA) is 54.5 Å². The van der Waals surface area contributed by atoms with Gasteiger partial charge < -0.3 is 4.57 Å². The number of hydrogen-bond acceptors (Lipinski definition) is 3. The highest BCUT2D eigenvalue weighted by atomic mass is 15.1.